The number of imidazole rings is 1. The zero-order valence-corrected chi connectivity index (χ0v) is 12.9. The maximum absolute atomic E-state index is 5.41. The molecule has 5 heteroatoms. The van der Waals surface area contributed by atoms with Crippen LogP contribution in [0.5, 0.6) is 0 Å². The van der Waals surface area contributed by atoms with E-state index in [0.29, 0.717) is 0 Å². The van der Waals surface area contributed by atoms with E-state index in [-0.39, 0.29) is 0 Å². The third kappa shape index (κ3) is 4.27. The first kappa shape index (κ1) is 14.9. The van der Waals surface area contributed by atoms with Crippen LogP contribution in [0, 0.1) is 6.92 Å². The Morgan fingerprint density at radius 2 is 2.10 bits per heavy atom. The van der Waals surface area contributed by atoms with E-state index in [1.165, 1.54) is 12.8 Å². The molecule has 2 rings (SSSR count). The molecular weight excluding hydrogens is 270 g/mol. The summed E-state index contributed by atoms with van der Waals surface area (Å²) in [6.45, 7) is 1.95. The molecule has 108 valence electrons. The van der Waals surface area contributed by atoms with E-state index in [4.69, 9.17) is 16.7 Å². The molecule has 0 aliphatic rings. The largest absolute Gasteiger partial charge is 0.361 e. The van der Waals surface area contributed by atoms with Crippen molar-refractivity contribution in [3.8, 4) is 0 Å². The quantitative estimate of drug-likeness (QED) is 0.423. The van der Waals surface area contributed by atoms with Crippen LogP contribution in [0.2, 0.25) is 0 Å². The number of unbranched alkanes of at least 4 members (excludes halogenated alkanes) is 3. The van der Waals surface area contributed by atoms with Crippen LogP contribution in [0.3, 0.4) is 0 Å². The minimum absolute atomic E-state index is 0.928. The summed E-state index contributed by atoms with van der Waals surface area (Å²) < 4.78 is 7.17. The highest BCUT2D eigenvalue weighted by molar-refractivity contribution is 7.80. The highest BCUT2D eigenvalue weighted by Gasteiger charge is 2.06. The zero-order valence-electron chi connectivity index (χ0n) is 12.1. The molecule has 0 aromatic carbocycles. The van der Waals surface area contributed by atoms with Gasteiger partial charge in [-0.15, -0.1) is 0 Å². The van der Waals surface area contributed by atoms with Gasteiger partial charge in [-0.25, -0.2) is 4.98 Å². The fourth-order valence-electron chi connectivity index (χ4n) is 2.22. The van der Waals surface area contributed by atoms with Crippen molar-refractivity contribution in [2.75, 3.05) is 0 Å². The Morgan fingerprint density at radius 3 is 2.75 bits per heavy atom. The molecular formula is C15H21N3OS. The predicted molar refractivity (Wildman–Crippen MR) is 82.9 cm³/mol. The average molecular weight is 291 g/mol. The van der Waals surface area contributed by atoms with Gasteiger partial charge in [0.2, 0.25) is 0 Å². The van der Waals surface area contributed by atoms with E-state index >= 15 is 0 Å². The Morgan fingerprint density at radius 1 is 1.30 bits per heavy atom. The Hall–Kier alpha value is -1.49. The molecule has 0 aliphatic heterocycles. The minimum Gasteiger partial charge on any atom is -0.361 e. The summed E-state index contributed by atoms with van der Waals surface area (Å²) >= 11 is 5.41. The number of hydrogen-bond donors (Lipinski definition) is 0. The molecule has 0 saturated heterocycles. The van der Waals surface area contributed by atoms with Crippen LogP contribution in [0.1, 0.15) is 49.4 Å². The number of aryl methyl sites for hydroxylation is 3. The lowest BCUT2D eigenvalue weighted by atomic mass is 10.1. The van der Waals surface area contributed by atoms with Crippen molar-refractivity contribution in [2.45, 2.75) is 45.4 Å². The molecule has 2 aromatic heterocycles. The van der Waals surface area contributed by atoms with Crippen molar-refractivity contribution in [2.24, 2.45) is 7.05 Å². The van der Waals surface area contributed by atoms with Gasteiger partial charge in [-0.3, -0.25) is 0 Å². The van der Waals surface area contributed by atoms with Crippen molar-refractivity contribution in [3.05, 3.63) is 35.7 Å². The lowest BCUT2D eigenvalue weighted by Crippen LogP contribution is -2.05. The van der Waals surface area contributed by atoms with Gasteiger partial charge < -0.3 is 9.09 Å². The smallest absolute Gasteiger partial charge is 0.146 e. The number of rotatable bonds is 8. The van der Waals surface area contributed by atoms with Gasteiger partial charge in [0.05, 0.1) is 10.6 Å². The molecule has 0 N–H and O–H groups in total. The van der Waals surface area contributed by atoms with Gasteiger partial charge in [-0.2, -0.15) is 0 Å². The van der Waals surface area contributed by atoms with E-state index in [2.05, 4.69) is 10.1 Å². The lowest BCUT2D eigenvalue weighted by Gasteiger charge is -2.04. The summed E-state index contributed by atoms with van der Waals surface area (Å²) in [6.07, 6.45) is 10.3. The van der Waals surface area contributed by atoms with Crippen LogP contribution in [0.25, 0.3) is 0 Å². The molecule has 0 aliphatic carbocycles. The number of thiocarbonyl (C=S) groups is 1. The molecule has 0 radical (unpaired) electrons. The van der Waals surface area contributed by atoms with Crippen molar-refractivity contribution in [3.63, 3.8) is 0 Å². The van der Waals surface area contributed by atoms with E-state index in [0.717, 1.165) is 47.8 Å². The zero-order chi connectivity index (χ0) is 14.4. The van der Waals surface area contributed by atoms with E-state index in [1.54, 1.807) is 6.20 Å². The maximum atomic E-state index is 5.41. The summed E-state index contributed by atoms with van der Waals surface area (Å²) in [4.78, 5) is 5.24. The highest BCUT2D eigenvalue weighted by Crippen LogP contribution is 2.12. The van der Waals surface area contributed by atoms with Crippen LogP contribution in [0.15, 0.2) is 23.0 Å². The monoisotopic (exact) mass is 291 g/mol. The Kier molecular flexibility index (Phi) is 5.47. The van der Waals surface area contributed by atoms with Gasteiger partial charge in [0.25, 0.3) is 0 Å². The van der Waals surface area contributed by atoms with Crippen LogP contribution >= 0.6 is 12.2 Å². The first-order valence-electron chi connectivity index (χ1n) is 7.09. The first-order chi connectivity index (χ1) is 9.66. The topological polar surface area (TPSA) is 43.9 Å². The molecule has 0 bridgehead atoms. The Bertz CT molecular complexity index is 559. The van der Waals surface area contributed by atoms with Gasteiger partial charge in [0.15, 0.2) is 0 Å². The molecule has 0 amide bonds. The lowest BCUT2D eigenvalue weighted by molar-refractivity contribution is 0.375. The standard InChI is InChI=1S/C15H21N3OS/c1-12-11-13(19-17-12)7-5-3-4-6-8-14(20)15-16-9-10-18(15)2/h9-11H,3-8H2,1-2H3. The number of nitrogens with zero attached hydrogens (tertiary/aromatic N) is 3. The van der Waals surface area contributed by atoms with Gasteiger partial charge in [0, 0.05) is 31.9 Å². The van der Waals surface area contributed by atoms with E-state index in [9.17, 15) is 0 Å². The third-order valence-corrected chi connectivity index (χ3v) is 3.71. The van der Waals surface area contributed by atoms with Crippen LogP contribution in [0.4, 0.5) is 0 Å². The Balaban J connectivity index is 1.58. The summed E-state index contributed by atoms with van der Waals surface area (Å²) in [5, 5.41) is 3.89. The summed E-state index contributed by atoms with van der Waals surface area (Å²) in [7, 11) is 1.98. The average Bonchev–Trinajstić information content (AvgIpc) is 3.02. The van der Waals surface area contributed by atoms with Crippen LogP contribution in [-0.4, -0.2) is 19.6 Å². The van der Waals surface area contributed by atoms with Crippen molar-refractivity contribution < 1.29 is 4.52 Å². The van der Waals surface area contributed by atoms with E-state index < -0.39 is 0 Å². The van der Waals surface area contributed by atoms with Gasteiger partial charge in [0.1, 0.15) is 11.6 Å². The van der Waals surface area contributed by atoms with Gasteiger partial charge >= 0.3 is 0 Å². The fraction of sp³-hybridized carbons (Fsp3) is 0.533. The molecule has 2 aromatic rings. The second-order valence-electron chi connectivity index (χ2n) is 5.13. The molecule has 0 saturated carbocycles. The summed E-state index contributed by atoms with van der Waals surface area (Å²) in [5.74, 6) is 1.92. The number of aromatic nitrogens is 3. The predicted octanol–water partition coefficient (Wildman–Crippen LogP) is 3.63. The molecule has 20 heavy (non-hydrogen) atoms. The van der Waals surface area contributed by atoms with Gasteiger partial charge in [-0.05, 0) is 26.2 Å². The molecule has 4 nitrogen and oxygen atoms in total. The number of hydrogen-bond acceptors (Lipinski definition) is 4. The maximum Gasteiger partial charge on any atom is 0.146 e. The van der Waals surface area contributed by atoms with Crippen molar-refractivity contribution in [1.29, 1.82) is 0 Å². The van der Waals surface area contributed by atoms with Gasteiger partial charge in [-0.1, -0.05) is 30.2 Å². The second kappa shape index (κ2) is 7.33. The highest BCUT2D eigenvalue weighted by atomic mass is 32.1. The molecule has 0 fully saturated rings. The molecule has 2 heterocycles. The van der Waals surface area contributed by atoms with Crippen molar-refractivity contribution >= 4 is 17.1 Å². The van der Waals surface area contributed by atoms with E-state index in [1.807, 2.05) is 30.8 Å². The molecule has 0 spiro atoms. The fourth-order valence-corrected chi connectivity index (χ4v) is 2.56. The van der Waals surface area contributed by atoms with Crippen LogP contribution < -0.4 is 0 Å². The normalized spacial score (nSPS) is 10.9. The summed E-state index contributed by atoms with van der Waals surface area (Å²) in [6, 6.07) is 2.01. The summed E-state index contributed by atoms with van der Waals surface area (Å²) in [5.41, 5.74) is 0.959. The van der Waals surface area contributed by atoms with Crippen molar-refractivity contribution in [1.82, 2.24) is 14.7 Å². The SMILES string of the molecule is Cc1cc(CCCCCCC(=S)c2nccn2C)on1. The second-order valence-corrected chi connectivity index (χ2v) is 5.63. The minimum atomic E-state index is 0.928. The van der Waals surface area contributed by atoms with Crippen LogP contribution in [-0.2, 0) is 13.5 Å². The first-order valence-corrected chi connectivity index (χ1v) is 7.50. The third-order valence-electron chi connectivity index (χ3n) is 3.32. The molecule has 0 atom stereocenters. The molecule has 0 unspecified atom stereocenters. The Labute approximate surface area is 125 Å².